The third-order valence-electron chi connectivity index (χ3n) is 4.29. The minimum atomic E-state index is -3.82. The molecule has 1 N–H and O–H groups in total. The van der Waals surface area contributed by atoms with Crippen molar-refractivity contribution in [2.75, 3.05) is 19.6 Å². The van der Waals surface area contributed by atoms with Crippen molar-refractivity contribution < 1.29 is 22.0 Å². The maximum Gasteiger partial charge on any atom is 0.286 e. The van der Waals surface area contributed by atoms with Gasteiger partial charge in [0.2, 0.25) is 10.0 Å². The van der Waals surface area contributed by atoms with E-state index in [4.69, 9.17) is 16.0 Å². The number of benzene rings is 1. The topological polar surface area (TPSA) is 79.6 Å². The SMILES string of the molecule is O=C(NC[C@@H]1CCCN(S(=O)(=O)c2ccc(F)cc2Cl)C1)c1ccco1. The van der Waals surface area contributed by atoms with E-state index < -0.39 is 15.8 Å². The van der Waals surface area contributed by atoms with Gasteiger partial charge in [0.25, 0.3) is 5.91 Å². The lowest BCUT2D eigenvalue weighted by Gasteiger charge is -2.32. The Morgan fingerprint density at radius 2 is 2.19 bits per heavy atom. The normalized spacial score (nSPS) is 18.6. The molecule has 1 amide bonds. The maximum atomic E-state index is 13.2. The molecule has 3 rings (SSSR count). The monoisotopic (exact) mass is 400 g/mol. The van der Waals surface area contributed by atoms with Gasteiger partial charge in [0.1, 0.15) is 10.7 Å². The first kappa shape index (κ1) is 18.9. The molecule has 1 atom stereocenters. The van der Waals surface area contributed by atoms with Crippen LogP contribution in [-0.2, 0) is 10.0 Å². The summed E-state index contributed by atoms with van der Waals surface area (Å²) < 4.78 is 45.2. The van der Waals surface area contributed by atoms with Crippen molar-refractivity contribution in [1.82, 2.24) is 9.62 Å². The highest BCUT2D eigenvalue weighted by atomic mass is 35.5. The van der Waals surface area contributed by atoms with Crippen molar-refractivity contribution in [1.29, 1.82) is 0 Å². The first-order valence-electron chi connectivity index (χ1n) is 8.15. The zero-order chi connectivity index (χ0) is 18.7. The van der Waals surface area contributed by atoms with Gasteiger partial charge in [-0.3, -0.25) is 4.79 Å². The molecule has 0 unspecified atom stereocenters. The van der Waals surface area contributed by atoms with E-state index in [9.17, 15) is 17.6 Å². The molecule has 1 fully saturated rings. The van der Waals surface area contributed by atoms with Gasteiger partial charge in [-0.1, -0.05) is 11.6 Å². The van der Waals surface area contributed by atoms with Crippen LogP contribution in [0.25, 0.3) is 0 Å². The van der Waals surface area contributed by atoms with Crippen LogP contribution in [0.4, 0.5) is 4.39 Å². The Labute approximate surface area is 156 Å². The summed E-state index contributed by atoms with van der Waals surface area (Å²) in [5, 5.41) is 2.62. The summed E-state index contributed by atoms with van der Waals surface area (Å²) in [6, 6.07) is 6.41. The summed E-state index contributed by atoms with van der Waals surface area (Å²) in [7, 11) is -3.82. The molecule has 0 spiro atoms. The van der Waals surface area contributed by atoms with E-state index in [1.807, 2.05) is 0 Å². The van der Waals surface area contributed by atoms with E-state index in [0.717, 1.165) is 18.6 Å². The first-order valence-corrected chi connectivity index (χ1v) is 9.96. The molecule has 1 aromatic heterocycles. The van der Waals surface area contributed by atoms with Crippen molar-refractivity contribution >= 4 is 27.5 Å². The molecule has 0 saturated carbocycles. The lowest BCUT2D eigenvalue weighted by atomic mass is 10.00. The van der Waals surface area contributed by atoms with Crippen LogP contribution in [-0.4, -0.2) is 38.3 Å². The third kappa shape index (κ3) is 4.08. The Balaban J connectivity index is 1.66. The number of sulfonamides is 1. The highest BCUT2D eigenvalue weighted by molar-refractivity contribution is 7.89. The van der Waals surface area contributed by atoms with E-state index in [2.05, 4.69) is 5.32 Å². The first-order chi connectivity index (χ1) is 12.4. The van der Waals surface area contributed by atoms with Gasteiger partial charge < -0.3 is 9.73 Å². The van der Waals surface area contributed by atoms with E-state index in [-0.39, 0.29) is 34.0 Å². The number of piperidine rings is 1. The Morgan fingerprint density at radius 1 is 1.38 bits per heavy atom. The van der Waals surface area contributed by atoms with Gasteiger partial charge in [-0.15, -0.1) is 0 Å². The number of carbonyl (C=O) groups excluding carboxylic acids is 1. The summed E-state index contributed by atoms with van der Waals surface area (Å²) in [5.41, 5.74) is 0. The number of furan rings is 1. The van der Waals surface area contributed by atoms with Crippen molar-refractivity contribution in [3.05, 3.63) is 53.2 Å². The summed E-state index contributed by atoms with van der Waals surface area (Å²) >= 11 is 5.92. The molecule has 1 aliphatic rings. The average molecular weight is 401 g/mol. The molecule has 6 nitrogen and oxygen atoms in total. The van der Waals surface area contributed by atoms with Crippen LogP contribution >= 0.6 is 11.6 Å². The molecule has 26 heavy (non-hydrogen) atoms. The summed E-state index contributed by atoms with van der Waals surface area (Å²) in [6.07, 6.45) is 2.87. The third-order valence-corrected chi connectivity index (χ3v) is 6.64. The zero-order valence-electron chi connectivity index (χ0n) is 13.8. The lowest BCUT2D eigenvalue weighted by molar-refractivity contribution is 0.0913. The highest BCUT2D eigenvalue weighted by Gasteiger charge is 2.32. The molecule has 9 heteroatoms. The smallest absolute Gasteiger partial charge is 0.286 e. The second kappa shape index (κ2) is 7.77. The van der Waals surface area contributed by atoms with Gasteiger partial charge in [-0.05, 0) is 49.1 Å². The molecular weight excluding hydrogens is 383 g/mol. The van der Waals surface area contributed by atoms with Crippen LogP contribution in [0, 0.1) is 11.7 Å². The minimum absolute atomic E-state index is 0.0309. The largest absolute Gasteiger partial charge is 0.459 e. The van der Waals surface area contributed by atoms with Gasteiger partial charge in [0, 0.05) is 19.6 Å². The molecule has 1 saturated heterocycles. The van der Waals surface area contributed by atoms with Gasteiger partial charge in [-0.2, -0.15) is 4.31 Å². The predicted molar refractivity (Wildman–Crippen MR) is 93.9 cm³/mol. The van der Waals surface area contributed by atoms with Crippen molar-refractivity contribution in [2.45, 2.75) is 17.7 Å². The second-order valence-electron chi connectivity index (χ2n) is 6.13. The number of carbonyl (C=O) groups is 1. The van der Waals surface area contributed by atoms with Gasteiger partial charge in [0.05, 0.1) is 11.3 Å². The van der Waals surface area contributed by atoms with Gasteiger partial charge in [-0.25, -0.2) is 12.8 Å². The fourth-order valence-corrected chi connectivity index (χ4v) is 5.03. The van der Waals surface area contributed by atoms with Gasteiger partial charge in [0.15, 0.2) is 5.76 Å². The maximum absolute atomic E-state index is 13.2. The molecule has 0 radical (unpaired) electrons. The number of amides is 1. The Hall–Kier alpha value is -1.90. The van der Waals surface area contributed by atoms with Crippen LogP contribution in [0.15, 0.2) is 45.9 Å². The molecule has 2 heterocycles. The molecule has 140 valence electrons. The van der Waals surface area contributed by atoms with E-state index >= 15 is 0 Å². The number of hydrogen-bond donors (Lipinski definition) is 1. The number of hydrogen-bond acceptors (Lipinski definition) is 4. The van der Waals surface area contributed by atoms with Crippen LogP contribution in [0.3, 0.4) is 0 Å². The van der Waals surface area contributed by atoms with Crippen LogP contribution in [0.2, 0.25) is 5.02 Å². The minimum Gasteiger partial charge on any atom is -0.459 e. The van der Waals surface area contributed by atoms with E-state index in [1.54, 1.807) is 12.1 Å². The number of rotatable bonds is 5. The fraction of sp³-hybridized carbons (Fsp3) is 0.353. The molecule has 0 aliphatic carbocycles. The second-order valence-corrected chi connectivity index (χ2v) is 8.45. The molecule has 0 bridgehead atoms. The zero-order valence-corrected chi connectivity index (χ0v) is 15.4. The number of nitrogens with zero attached hydrogens (tertiary/aromatic N) is 1. The van der Waals surface area contributed by atoms with Crippen molar-refractivity contribution in [3.63, 3.8) is 0 Å². The molecule has 1 aliphatic heterocycles. The Morgan fingerprint density at radius 3 is 2.88 bits per heavy atom. The standard InChI is InChI=1S/C17H18ClFN2O4S/c18-14-9-13(19)5-6-16(14)26(23,24)21-7-1-3-12(11-21)10-20-17(22)15-4-2-8-25-15/h2,4-6,8-9,12H,1,3,7,10-11H2,(H,20,22)/t12-/m0/s1. The predicted octanol–water partition coefficient (Wildman–Crippen LogP) is 2.90. The summed E-state index contributed by atoms with van der Waals surface area (Å²) in [5.74, 6) is -0.747. The van der Waals surface area contributed by atoms with Crippen LogP contribution < -0.4 is 5.32 Å². The molecular formula is C17H18ClFN2O4S. The highest BCUT2D eigenvalue weighted by Crippen LogP contribution is 2.28. The van der Waals surface area contributed by atoms with Crippen LogP contribution in [0.1, 0.15) is 23.4 Å². The summed E-state index contributed by atoms with van der Waals surface area (Å²) in [4.78, 5) is 11.8. The quantitative estimate of drug-likeness (QED) is 0.836. The van der Waals surface area contributed by atoms with Crippen molar-refractivity contribution in [2.24, 2.45) is 5.92 Å². The Kier molecular flexibility index (Phi) is 5.64. The molecule has 1 aromatic carbocycles. The fourth-order valence-electron chi connectivity index (χ4n) is 2.97. The number of nitrogens with one attached hydrogen (secondary N) is 1. The van der Waals surface area contributed by atoms with Crippen molar-refractivity contribution in [3.8, 4) is 0 Å². The molecule has 2 aromatic rings. The summed E-state index contributed by atoms with van der Waals surface area (Å²) in [6.45, 7) is 0.954. The lowest BCUT2D eigenvalue weighted by Crippen LogP contribution is -2.43. The van der Waals surface area contributed by atoms with E-state index in [0.29, 0.717) is 19.5 Å². The number of halogens is 2. The average Bonchev–Trinajstić information content (AvgIpc) is 3.14. The van der Waals surface area contributed by atoms with E-state index in [1.165, 1.54) is 16.6 Å². The van der Waals surface area contributed by atoms with Gasteiger partial charge >= 0.3 is 0 Å². The van der Waals surface area contributed by atoms with Crippen LogP contribution in [0.5, 0.6) is 0 Å². The Bertz CT molecular complexity index is 886.